The van der Waals surface area contributed by atoms with Crippen LogP contribution in [0.25, 0.3) is 16.8 Å². The highest BCUT2D eigenvalue weighted by Gasteiger charge is 2.00. The third-order valence-corrected chi connectivity index (χ3v) is 2.33. The molecular formula is C11H8ClN. The van der Waals surface area contributed by atoms with E-state index in [1.54, 1.807) is 18.5 Å². The molecule has 0 bridgehead atoms. The molecule has 2 aromatic rings. The lowest BCUT2D eigenvalue weighted by atomic mass is 10.1. The highest BCUT2D eigenvalue weighted by atomic mass is 35.5. The van der Waals surface area contributed by atoms with Crippen LogP contribution in [0.4, 0.5) is 0 Å². The predicted molar refractivity (Wildman–Crippen MR) is 56.8 cm³/mol. The van der Waals surface area contributed by atoms with Crippen molar-refractivity contribution in [3.63, 3.8) is 0 Å². The highest BCUT2D eigenvalue weighted by Crippen LogP contribution is 2.25. The maximum absolute atomic E-state index is 6.01. The molecule has 13 heavy (non-hydrogen) atoms. The zero-order chi connectivity index (χ0) is 9.26. The summed E-state index contributed by atoms with van der Waals surface area (Å²) in [5, 5.41) is 2.80. The number of hydrogen-bond acceptors (Lipinski definition) is 1. The first-order valence-corrected chi connectivity index (χ1v) is 4.35. The third-order valence-electron chi connectivity index (χ3n) is 2.00. The largest absolute Gasteiger partial charge is 0.263 e. The number of halogens is 1. The van der Waals surface area contributed by atoms with Gasteiger partial charge in [-0.05, 0) is 11.5 Å². The minimum Gasteiger partial charge on any atom is -0.263 e. The molecule has 0 saturated carbocycles. The van der Waals surface area contributed by atoms with Gasteiger partial charge in [0.2, 0.25) is 0 Å². The maximum atomic E-state index is 6.01. The van der Waals surface area contributed by atoms with Crippen molar-refractivity contribution in [2.75, 3.05) is 0 Å². The van der Waals surface area contributed by atoms with Gasteiger partial charge >= 0.3 is 0 Å². The molecule has 0 fully saturated rings. The Morgan fingerprint density at radius 3 is 2.85 bits per heavy atom. The zero-order valence-electron chi connectivity index (χ0n) is 7.00. The van der Waals surface area contributed by atoms with Crippen LogP contribution in [0.1, 0.15) is 5.56 Å². The van der Waals surface area contributed by atoms with Crippen LogP contribution in [0.5, 0.6) is 0 Å². The van der Waals surface area contributed by atoms with E-state index in [1.807, 2.05) is 18.2 Å². The molecule has 0 saturated heterocycles. The maximum Gasteiger partial charge on any atom is 0.0500 e. The fourth-order valence-electron chi connectivity index (χ4n) is 1.34. The first-order chi connectivity index (χ1) is 6.33. The van der Waals surface area contributed by atoms with Crippen LogP contribution in [-0.2, 0) is 0 Å². The highest BCUT2D eigenvalue weighted by molar-refractivity contribution is 6.35. The average molecular weight is 190 g/mol. The van der Waals surface area contributed by atoms with E-state index in [9.17, 15) is 0 Å². The van der Waals surface area contributed by atoms with Gasteiger partial charge in [0.05, 0.1) is 0 Å². The van der Waals surface area contributed by atoms with Crippen LogP contribution in [0.15, 0.2) is 37.2 Å². The number of aromatic nitrogens is 1. The average Bonchev–Trinajstić information content (AvgIpc) is 2.18. The van der Waals surface area contributed by atoms with Gasteiger partial charge in [-0.3, -0.25) is 4.98 Å². The summed E-state index contributed by atoms with van der Waals surface area (Å²) in [4.78, 5) is 4.09. The van der Waals surface area contributed by atoms with Gasteiger partial charge in [0.15, 0.2) is 0 Å². The van der Waals surface area contributed by atoms with E-state index >= 15 is 0 Å². The Hall–Kier alpha value is -1.34. The molecule has 0 aliphatic rings. The number of hydrogen-bond donors (Lipinski definition) is 0. The lowest BCUT2D eigenvalue weighted by molar-refractivity contribution is 1.35. The molecule has 0 amide bonds. The van der Waals surface area contributed by atoms with Crippen LogP contribution in [0.2, 0.25) is 5.02 Å². The Morgan fingerprint density at radius 2 is 2.08 bits per heavy atom. The van der Waals surface area contributed by atoms with Gasteiger partial charge in [0.25, 0.3) is 0 Å². The lowest BCUT2D eigenvalue weighted by Gasteiger charge is -2.01. The molecule has 1 aromatic heterocycles. The van der Waals surface area contributed by atoms with Gasteiger partial charge in [-0.25, -0.2) is 0 Å². The molecule has 64 valence electrons. The Kier molecular flexibility index (Phi) is 2.03. The van der Waals surface area contributed by atoms with Crippen molar-refractivity contribution in [1.82, 2.24) is 4.98 Å². The molecule has 0 N–H and O–H groups in total. The third kappa shape index (κ3) is 1.31. The fourth-order valence-corrected chi connectivity index (χ4v) is 1.57. The summed E-state index contributed by atoms with van der Waals surface area (Å²) in [7, 11) is 0. The van der Waals surface area contributed by atoms with Crippen molar-refractivity contribution >= 4 is 28.4 Å². The molecule has 0 atom stereocenters. The Morgan fingerprint density at radius 1 is 1.23 bits per heavy atom. The number of fused-ring (bicyclic) bond motifs is 1. The summed E-state index contributed by atoms with van der Waals surface area (Å²) in [5.41, 5.74) is 1.01. The van der Waals surface area contributed by atoms with Crippen LogP contribution in [0.3, 0.4) is 0 Å². The number of nitrogens with zero attached hydrogens (tertiary/aromatic N) is 1. The SMILES string of the molecule is C=Cc1cncc2c(Cl)cccc12. The van der Waals surface area contributed by atoms with Gasteiger partial charge in [0.1, 0.15) is 0 Å². The molecular weight excluding hydrogens is 182 g/mol. The second-order valence-electron chi connectivity index (χ2n) is 2.77. The first kappa shape index (κ1) is 8.27. The van der Waals surface area contributed by atoms with Crippen molar-refractivity contribution in [1.29, 1.82) is 0 Å². The number of rotatable bonds is 1. The van der Waals surface area contributed by atoms with Crippen molar-refractivity contribution in [2.45, 2.75) is 0 Å². The van der Waals surface area contributed by atoms with Crippen molar-refractivity contribution in [3.05, 3.63) is 47.8 Å². The van der Waals surface area contributed by atoms with E-state index in [2.05, 4.69) is 11.6 Å². The predicted octanol–water partition coefficient (Wildman–Crippen LogP) is 3.53. The summed E-state index contributed by atoms with van der Waals surface area (Å²) >= 11 is 6.01. The van der Waals surface area contributed by atoms with E-state index in [4.69, 9.17) is 11.6 Å². The minimum absolute atomic E-state index is 0.730. The van der Waals surface area contributed by atoms with Crippen LogP contribution < -0.4 is 0 Å². The summed E-state index contributed by atoms with van der Waals surface area (Å²) in [6, 6.07) is 5.80. The Labute approximate surface area is 81.7 Å². The van der Waals surface area contributed by atoms with Gasteiger partial charge in [0, 0.05) is 28.4 Å². The molecule has 1 heterocycles. The molecule has 0 aliphatic heterocycles. The molecule has 2 heteroatoms. The molecule has 2 rings (SSSR count). The topological polar surface area (TPSA) is 12.9 Å². The van der Waals surface area contributed by atoms with E-state index < -0.39 is 0 Å². The normalized spacial score (nSPS) is 10.2. The van der Waals surface area contributed by atoms with Crippen LogP contribution in [0, 0.1) is 0 Å². The van der Waals surface area contributed by atoms with E-state index in [0.717, 1.165) is 21.4 Å². The number of pyridine rings is 1. The second kappa shape index (κ2) is 3.19. The molecule has 0 unspecified atom stereocenters. The first-order valence-electron chi connectivity index (χ1n) is 3.97. The zero-order valence-corrected chi connectivity index (χ0v) is 7.75. The molecule has 0 aliphatic carbocycles. The molecule has 0 spiro atoms. The van der Waals surface area contributed by atoms with Crippen molar-refractivity contribution in [2.24, 2.45) is 0 Å². The van der Waals surface area contributed by atoms with E-state index in [0.29, 0.717) is 0 Å². The van der Waals surface area contributed by atoms with Gasteiger partial charge in [-0.2, -0.15) is 0 Å². The van der Waals surface area contributed by atoms with Gasteiger partial charge in [-0.15, -0.1) is 0 Å². The standard InChI is InChI=1S/C11H8ClN/c1-2-8-6-13-7-10-9(8)4-3-5-11(10)12/h2-7H,1H2. The van der Waals surface area contributed by atoms with Crippen LogP contribution >= 0.6 is 11.6 Å². The Bertz CT molecular complexity index is 463. The molecule has 0 radical (unpaired) electrons. The molecule has 1 nitrogen and oxygen atoms in total. The quantitative estimate of drug-likeness (QED) is 0.669. The monoisotopic (exact) mass is 189 g/mol. The fraction of sp³-hybridized carbons (Fsp3) is 0. The summed E-state index contributed by atoms with van der Waals surface area (Å²) in [6.07, 6.45) is 5.34. The number of benzene rings is 1. The summed E-state index contributed by atoms with van der Waals surface area (Å²) in [6.45, 7) is 3.73. The smallest absolute Gasteiger partial charge is 0.0500 e. The second-order valence-corrected chi connectivity index (χ2v) is 3.18. The van der Waals surface area contributed by atoms with Gasteiger partial charge < -0.3 is 0 Å². The summed E-state index contributed by atoms with van der Waals surface area (Å²) in [5.74, 6) is 0. The van der Waals surface area contributed by atoms with Crippen LogP contribution in [-0.4, -0.2) is 4.98 Å². The van der Waals surface area contributed by atoms with E-state index in [-0.39, 0.29) is 0 Å². The van der Waals surface area contributed by atoms with Gasteiger partial charge in [-0.1, -0.05) is 36.4 Å². The Balaban J connectivity index is 2.92. The lowest BCUT2D eigenvalue weighted by Crippen LogP contribution is -1.81. The van der Waals surface area contributed by atoms with E-state index in [1.165, 1.54) is 0 Å². The van der Waals surface area contributed by atoms with Crippen molar-refractivity contribution in [3.8, 4) is 0 Å². The minimum atomic E-state index is 0.730. The summed E-state index contributed by atoms with van der Waals surface area (Å²) < 4.78 is 0. The molecule has 1 aromatic carbocycles. The van der Waals surface area contributed by atoms with Crippen molar-refractivity contribution < 1.29 is 0 Å².